The summed E-state index contributed by atoms with van der Waals surface area (Å²) in [6.07, 6.45) is 1.83. The van der Waals surface area contributed by atoms with Crippen LogP contribution in [0.4, 0.5) is 0 Å². The lowest BCUT2D eigenvalue weighted by Gasteiger charge is -2.16. The minimum atomic E-state index is -0.352. The first kappa shape index (κ1) is 18.3. The number of benzene rings is 2. The number of aromatic nitrogens is 1. The molecule has 1 aliphatic rings. The minimum absolute atomic E-state index is 0.0306. The second kappa shape index (κ2) is 7.53. The van der Waals surface area contributed by atoms with Crippen LogP contribution in [0.3, 0.4) is 0 Å². The van der Waals surface area contributed by atoms with E-state index in [2.05, 4.69) is 27.8 Å². The summed E-state index contributed by atoms with van der Waals surface area (Å²) in [6, 6.07) is 11.3. The predicted molar refractivity (Wildman–Crippen MR) is 106 cm³/mol. The van der Waals surface area contributed by atoms with Gasteiger partial charge in [0.15, 0.2) is 17.3 Å². The molecule has 0 spiro atoms. The Morgan fingerprint density at radius 2 is 1.75 bits per heavy atom. The Morgan fingerprint density at radius 1 is 1.00 bits per heavy atom. The number of methoxy groups -OCH3 is 3. The standard InChI is InChI=1S/C21H23N3O4/c1-26-17-9-14(10-18(27-2)20(17)28-3)19(25)16-11-23-21(24-16)13-4-5-15-12(8-13)6-7-22-15/h4-10,16,21-24H,11H2,1-3H3. The number of fused-ring (bicyclic) bond motifs is 1. The normalized spacial score (nSPS) is 19.0. The summed E-state index contributed by atoms with van der Waals surface area (Å²) in [5.74, 6) is 1.37. The number of ketones is 1. The third kappa shape index (κ3) is 3.19. The zero-order valence-corrected chi connectivity index (χ0v) is 16.0. The van der Waals surface area contributed by atoms with Crippen LogP contribution in [0.2, 0.25) is 0 Å². The third-order valence-electron chi connectivity index (χ3n) is 5.07. The molecule has 1 fully saturated rings. The number of nitrogens with one attached hydrogen (secondary N) is 3. The molecule has 2 atom stereocenters. The van der Waals surface area contributed by atoms with Crippen LogP contribution in [0.5, 0.6) is 17.2 Å². The Balaban J connectivity index is 1.56. The molecule has 4 rings (SSSR count). The fourth-order valence-corrected chi connectivity index (χ4v) is 3.61. The van der Waals surface area contributed by atoms with E-state index in [9.17, 15) is 4.79 Å². The molecule has 3 N–H and O–H groups in total. The van der Waals surface area contributed by atoms with Crippen molar-refractivity contribution >= 4 is 16.7 Å². The number of hydrogen-bond acceptors (Lipinski definition) is 6. The monoisotopic (exact) mass is 381 g/mol. The molecule has 3 aromatic rings. The number of rotatable bonds is 6. The molecule has 2 unspecified atom stereocenters. The highest BCUT2D eigenvalue weighted by Crippen LogP contribution is 2.38. The van der Waals surface area contributed by atoms with Crippen molar-refractivity contribution in [3.05, 3.63) is 53.7 Å². The number of carbonyl (C=O) groups is 1. The predicted octanol–water partition coefficient (Wildman–Crippen LogP) is 2.64. The molecule has 0 saturated carbocycles. The number of Topliss-reactive ketones (excluding diaryl/α,β-unsaturated/α-hetero) is 1. The second-order valence-corrected chi connectivity index (χ2v) is 6.66. The third-order valence-corrected chi connectivity index (χ3v) is 5.07. The molecule has 0 radical (unpaired) electrons. The molecule has 7 nitrogen and oxygen atoms in total. The lowest BCUT2D eigenvalue weighted by Crippen LogP contribution is -2.34. The molecule has 1 aliphatic heterocycles. The summed E-state index contributed by atoms with van der Waals surface area (Å²) in [5.41, 5.74) is 2.69. The summed E-state index contributed by atoms with van der Waals surface area (Å²) < 4.78 is 16.0. The van der Waals surface area contributed by atoms with E-state index in [1.807, 2.05) is 18.3 Å². The van der Waals surface area contributed by atoms with Gasteiger partial charge >= 0.3 is 0 Å². The van der Waals surface area contributed by atoms with Crippen molar-refractivity contribution in [3.8, 4) is 17.2 Å². The van der Waals surface area contributed by atoms with Crippen LogP contribution < -0.4 is 24.8 Å². The van der Waals surface area contributed by atoms with E-state index in [-0.39, 0.29) is 18.0 Å². The van der Waals surface area contributed by atoms with Gasteiger partial charge in [0.2, 0.25) is 5.75 Å². The van der Waals surface area contributed by atoms with Crippen LogP contribution in [0, 0.1) is 0 Å². The zero-order chi connectivity index (χ0) is 19.7. The number of H-pyrrole nitrogens is 1. The molecule has 0 amide bonds. The van der Waals surface area contributed by atoms with E-state index < -0.39 is 0 Å². The molecule has 0 aliphatic carbocycles. The van der Waals surface area contributed by atoms with E-state index in [0.717, 1.165) is 16.5 Å². The lowest BCUT2D eigenvalue weighted by molar-refractivity contribution is 0.0954. The summed E-state index contributed by atoms with van der Waals surface area (Å²) in [7, 11) is 4.61. The fourth-order valence-electron chi connectivity index (χ4n) is 3.61. The Morgan fingerprint density at radius 3 is 2.43 bits per heavy atom. The molecule has 146 valence electrons. The summed E-state index contributed by atoms with van der Waals surface area (Å²) in [4.78, 5) is 16.3. The number of carbonyl (C=O) groups excluding carboxylic acids is 1. The van der Waals surface area contributed by atoms with E-state index in [1.165, 1.54) is 21.3 Å². The molecule has 2 aromatic carbocycles. The van der Waals surface area contributed by atoms with Gasteiger partial charge < -0.3 is 19.2 Å². The highest BCUT2D eigenvalue weighted by atomic mass is 16.5. The van der Waals surface area contributed by atoms with Gasteiger partial charge in [-0.15, -0.1) is 0 Å². The molecule has 7 heteroatoms. The van der Waals surface area contributed by atoms with Crippen molar-refractivity contribution in [1.29, 1.82) is 0 Å². The summed E-state index contributed by atoms with van der Waals surface area (Å²) in [6.45, 7) is 0.533. The van der Waals surface area contributed by atoms with Crippen LogP contribution in [0.1, 0.15) is 22.1 Å². The number of aromatic amines is 1. The fraction of sp³-hybridized carbons (Fsp3) is 0.286. The van der Waals surface area contributed by atoms with Crippen LogP contribution in [-0.4, -0.2) is 44.7 Å². The second-order valence-electron chi connectivity index (χ2n) is 6.66. The van der Waals surface area contributed by atoms with Gasteiger partial charge in [-0.3, -0.25) is 15.4 Å². The number of hydrogen-bond donors (Lipinski definition) is 3. The minimum Gasteiger partial charge on any atom is -0.493 e. The highest BCUT2D eigenvalue weighted by molar-refractivity contribution is 6.01. The molecule has 0 bridgehead atoms. The van der Waals surface area contributed by atoms with Crippen molar-refractivity contribution < 1.29 is 19.0 Å². The molecular formula is C21H23N3O4. The van der Waals surface area contributed by atoms with Gasteiger partial charge in [0.25, 0.3) is 0 Å². The van der Waals surface area contributed by atoms with Gasteiger partial charge in [-0.25, -0.2) is 0 Å². The van der Waals surface area contributed by atoms with Crippen molar-refractivity contribution in [2.24, 2.45) is 0 Å². The van der Waals surface area contributed by atoms with E-state index in [4.69, 9.17) is 14.2 Å². The lowest BCUT2D eigenvalue weighted by atomic mass is 10.0. The van der Waals surface area contributed by atoms with Gasteiger partial charge in [0.1, 0.15) is 0 Å². The van der Waals surface area contributed by atoms with Gasteiger partial charge in [-0.05, 0) is 41.3 Å². The van der Waals surface area contributed by atoms with Crippen LogP contribution in [0.25, 0.3) is 10.9 Å². The molecule has 1 saturated heterocycles. The van der Waals surface area contributed by atoms with E-state index >= 15 is 0 Å². The largest absolute Gasteiger partial charge is 0.493 e. The summed E-state index contributed by atoms with van der Waals surface area (Å²) >= 11 is 0. The summed E-state index contributed by atoms with van der Waals surface area (Å²) in [5, 5.41) is 7.90. The number of ether oxygens (including phenoxy) is 3. The molecular weight excluding hydrogens is 358 g/mol. The van der Waals surface area contributed by atoms with Crippen LogP contribution in [-0.2, 0) is 0 Å². The first-order chi connectivity index (χ1) is 13.6. The first-order valence-electron chi connectivity index (χ1n) is 9.05. The Hall–Kier alpha value is -3.03. The highest BCUT2D eigenvalue weighted by Gasteiger charge is 2.31. The van der Waals surface area contributed by atoms with E-state index in [0.29, 0.717) is 29.4 Å². The van der Waals surface area contributed by atoms with Gasteiger partial charge in [-0.2, -0.15) is 0 Å². The maximum Gasteiger partial charge on any atom is 0.203 e. The van der Waals surface area contributed by atoms with Gasteiger partial charge in [0, 0.05) is 23.8 Å². The molecule has 1 aromatic heterocycles. The quantitative estimate of drug-likeness (QED) is 0.569. The maximum absolute atomic E-state index is 13.1. The molecule has 28 heavy (non-hydrogen) atoms. The van der Waals surface area contributed by atoms with Crippen molar-refractivity contribution in [2.75, 3.05) is 27.9 Å². The maximum atomic E-state index is 13.1. The Bertz CT molecular complexity index is 989. The van der Waals surface area contributed by atoms with Gasteiger partial charge in [0.05, 0.1) is 33.5 Å². The van der Waals surface area contributed by atoms with Crippen LogP contribution >= 0.6 is 0 Å². The van der Waals surface area contributed by atoms with Crippen molar-refractivity contribution in [2.45, 2.75) is 12.2 Å². The Kier molecular flexibility index (Phi) is 4.93. The average Bonchev–Trinajstić information content (AvgIpc) is 3.40. The SMILES string of the molecule is COc1cc(C(=O)C2CNC(c3ccc4[nH]ccc4c3)N2)cc(OC)c1OC. The first-order valence-corrected chi connectivity index (χ1v) is 9.05. The van der Waals surface area contributed by atoms with Crippen molar-refractivity contribution in [1.82, 2.24) is 15.6 Å². The van der Waals surface area contributed by atoms with Crippen molar-refractivity contribution in [3.63, 3.8) is 0 Å². The smallest absolute Gasteiger partial charge is 0.203 e. The topological polar surface area (TPSA) is 84.6 Å². The zero-order valence-electron chi connectivity index (χ0n) is 16.0. The average molecular weight is 381 g/mol. The van der Waals surface area contributed by atoms with Crippen LogP contribution in [0.15, 0.2) is 42.6 Å². The van der Waals surface area contributed by atoms with E-state index in [1.54, 1.807) is 12.1 Å². The molecule has 2 heterocycles. The van der Waals surface area contributed by atoms with Gasteiger partial charge in [-0.1, -0.05) is 6.07 Å². The Labute approximate surface area is 163 Å².